The van der Waals surface area contributed by atoms with E-state index in [0.29, 0.717) is 17.9 Å². The van der Waals surface area contributed by atoms with Crippen LogP contribution in [0.5, 0.6) is 11.5 Å². The monoisotopic (exact) mass is 663 g/mol. The highest BCUT2D eigenvalue weighted by molar-refractivity contribution is 6.24. The van der Waals surface area contributed by atoms with Crippen molar-refractivity contribution >= 4 is 23.6 Å². The number of hydrogen-bond acceptors (Lipinski definition) is 12. The van der Waals surface area contributed by atoms with Gasteiger partial charge in [0.2, 0.25) is 11.7 Å². The SMILES string of the molecule is C=C(C)OC(=O)NC(C)C(=O)NCC1C2=C(CC3C4c5c(cc(C)c(OC)c5OCOC)CC([C@H](C#N)N13)N4C)C(=O)C(C)=C(O)C2=O. The average molecular weight is 664 g/mol. The van der Waals surface area contributed by atoms with E-state index in [4.69, 9.17) is 18.9 Å². The van der Waals surface area contributed by atoms with Gasteiger partial charge in [0.25, 0.3) is 0 Å². The highest BCUT2D eigenvalue weighted by Crippen LogP contribution is 2.54. The van der Waals surface area contributed by atoms with E-state index in [1.54, 1.807) is 7.11 Å². The number of nitrogens with one attached hydrogen (secondary N) is 2. The van der Waals surface area contributed by atoms with Crippen molar-refractivity contribution in [3.8, 4) is 17.6 Å². The van der Waals surface area contributed by atoms with Crippen molar-refractivity contribution in [3.05, 3.63) is 57.6 Å². The summed E-state index contributed by atoms with van der Waals surface area (Å²) in [6, 6.07) is 0.387. The van der Waals surface area contributed by atoms with E-state index in [9.17, 15) is 29.5 Å². The molecular formula is C34H41N5O9. The number of fused-ring (bicyclic) bond motifs is 6. The third kappa shape index (κ3) is 5.72. The molecule has 14 heteroatoms. The minimum atomic E-state index is -1.04. The molecule has 5 rings (SSSR count). The van der Waals surface area contributed by atoms with Gasteiger partial charge in [-0.05, 0) is 58.7 Å². The van der Waals surface area contributed by atoms with Gasteiger partial charge in [-0.1, -0.05) is 12.6 Å². The van der Waals surface area contributed by atoms with Gasteiger partial charge in [-0.2, -0.15) is 5.26 Å². The van der Waals surface area contributed by atoms with E-state index in [0.717, 1.165) is 16.7 Å². The number of benzene rings is 1. The number of alkyl carbamates (subject to hydrolysis) is 1. The Kier molecular flexibility index (Phi) is 9.68. The van der Waals surface area contributed by atoms with E-state index < -0.39 is 59.5 Å². The van der Waals surface area contributed by atoms with Crippen molar-refractivity contribution in [1.29, 1.82) is 5.26 Å². The first-order valence-electron chi connectivity index (χ1n) is 15.6. The number of aliphatic hydroxyl groups excluding tert-OH is 1. The lowest BCUT2D eigenvalue weighted by molar-refractivity contribution is -0.125. The molecule has 1 aliphatic carbocycles. The summed E-state index contributed by atoms with van der Waals surface area (Å²) in [6.07, 6.45) is -0.302. The van der Waals surface area contributed by atoms with E-state index in [2.05, 4.69) is 28.2 Å². The van der Waals surface area contributed by atoms with E-state index >= 15 is 0 Å². The Morgan fingerprint density at radius 1 is 1.17 bits per heavy atom. The minimum absolute atomic E-state index is 0.0439. The topological polar surface area (TPSA) is 180 Å². The molecule has 0 radical (unpaired) electrons. The summed E-state index contributed by atoms with van der Waals surface area (Å²) >= 11 is 0. The number of aryl methyl sites for hydroxylation is 1. The molecule has 0 spiro atoms. The first kappa shape index (κ1) is 34.6. The summed E-state index contributed by atoms with van der Waals surface area (Å²) in [5, 5.41) is 26.7. The number of carbonyl (C=O) groups excluding carboxylic acids is 4. The second-order valence-electron chi connectivity index (χ2n) is 12.6. The van der Waals surface area contributed by atoms with Gasteiger partial charge in [0.15, 0.2) is 29.8 Å². The Hall–Kier alpha value is -4.71. The van der Waals surface area contributed by atoms with Crippen LogP contribution in [0, 0.1) is 18.3 Å². The smallest absolute Gasteiger partial charge is 0.412 e. The molecule has 3 heterocycles. The Balaban J connectivity index is 1.62. The molecule has 256 valence electrons. The van der Waals surface area contributed by atoms with E-state index in [-0.39, 0.29) is 48.3 Å². The number of nitriles is 1. The molecule has 1 fully saturated rings. The lowest BCUT2D eigenvalue weighted by Crippen LogP contribution is -2.71. The molecule has 0 saturated carbocycles. The summed E-state index contributed by atoms with van der Waals surface area (Å²) in [6.45, 7) is 9.54. The molecule has 6 atom stereocenters. The van der Waals surface area contributed by atoms with Crippen molar-refractivity contribution in [3.63, 3.8) is 0 Å². The number of nitrogens with zero attached hydrogens (tertiary/aromatic N) is 3. The average Bonchev–Trinajstić information content (AvgIpc) is 3.03. The van der Waals surface area contributed by atoms with Crippen molar-refractivity contribution in [2.75, 3.05) is 34.6 Å². The van der Waals surface area contributed by atoms with Crippen molar-refractivity contribution in [2.24, 2.45) is 0 Å². The molecule has 5 unspecified atom stereocenters. The van der Waals surface area contributed by atoms with Gasteiger partial charge < -0.3 is 34.7 Å². The van der Waals surface area contributed by atoms with Crippen molar-refractivity contribution < 1.29 is 43.2 Å². The summed E-state index contributed by atoms with van der Waals surface area (Å²) < 4.78 is 22.1. The highest BCUT2D eigenvalue weighted by atomic mass is 16.7. The second kappa shape index (κ2) is 13.4. The fraction of sp³-hybridized carbons (Fsp3) is 0.500. The zero-order valence-corrected chi connectivity index (χ0v) is 28.1. The summed E-state index contributed by atoms with van der Waals surface area (Å²) in [7, 11) is 5.00. The van der Waals surface area contributed by atoms with Crippen LogP contribution in [-0.4, -0.2) is 103 Å². The standard InChI is InChI=1S/C34H41N5O9/c1-15(2)48-34(44)37-18(5)33(43)36-13-24-26-20(28(40)17(4)29(41)30(26)42)11-22-27-25-19(10-21(38(27)6)23(12-35)39(22)24)9-16(3)31(46-8)32(25)47-14-45-7/h9,18,21-24,27,41H,1,10-11,13-14H2,2-8H3,(H,36,43)(H,37,44)/t18?,21?,22?,23-,24?,27?/m0/s1. The van der Waals surface area contributed by atoms with Crippen LogP contribution < -0.4 is 20.1 Å². The Morgan fingerprint density at radius 3 is 2.50 bits per heavy atom. The third-order valence-electron chi connectivity index (χ3n) is 9.65. The van der Waals surface area contributed by atoms with Crippen LogP contribution in [0.15, 0.2) is 40.9 Å². The van der Waals surface area contributed by atoms with Gasteiger partial charge >= 0.3 is 6.09 Å². The lowest BCUT2D eigenvalue weighted by Gasteiger charge is -2.60. The zero-order valence-electron chi connectivity index (χ0n) is 28.1. The fourth-order valence-electron chi connectivity index (χ4n) is 7.59. The molecule has 4 aliphatic rings. The molecule has 3 N–H and O–H groups in total. The van der Waals surface area contributed by atoms with Crippen LogP contribution >= 0.6 is 0 Å². The molecule has 1 saturated heterocycles. The van der Waals surface area contributed by atoms with Crippen LogP contribution in [0.2, 0.25) is 0 Å². The molecule has 3 aliphatic heterocycles. The number of allylic oxidation sites excluding steroid dienone is 3. The Labute approximate surface area is 278 Å². The predicted octanol–water partition coefficient (Wildman–Crippen LogP) is 2.28. The first-order chi connectivity index (χ1) is 22.8. The Bertz CT molecular complexity index is 1690. The van der Waals surface area contributed by atoms with Crippen molar-refractivity contribution in [1.82, 2.24) is 20.4 Å². The summed E-state index contributed by atoms with van der Waals surface area (Å²) in [4.78, 5) is 56.9. The maximum absolute atomic E-state index is 13.8. The van der Waals surface area contributed by atoms with Gasteiger partial charge in [-0.15, -0.1) is 0 Å². The quantitative estimate of drug-likeness (QED) is 0.200. The minimum Gasteiger partial charge on any atom is -0.504 e. The molecule has 2 bridgehead atoms. The number of Topliss-reactive ketones (excluding diaryl/α,β-unsaturated/α-hetero) is 2. The fourth-order valence-corrected chi connectivity index (χ4v) is 7.59. The van der Waals surface area contributed by atoms with Crippen LogP contribution in [-0.2, 0) is 30.3 Å². The number of methoxy groups -OCH3 is 2. The molecule has 14 nitrogen and oxygen atoms in total. The number of rotatable bonds is 9. The number of ketones is 2. The predicted molar refractivity (Wildman–Crippen MR) is 171 cm³/mol. The lowest BCUT2D eigenvalue weighted by atomic mass is 9.69. The third-order valence-corrected chi connectivity index (χ3v) is 9.65. The summed E-state index contributed by atoms with van der Waals surface area (Å²) in [5.41, 5.74) is 2.85. The number of amides is 2. The number of hydrogen-bond donors (Lipinski definition) is 3. The number of ether oxygens (including phenoxy) is 4. The van der Waals surface area contributed by atoms with Crippen molar-refractivity contribution in [2.45, 2.75) is 76.8 Å². The maximum atomic E-state index is 13.8. The molecule has 1 aromatic rings. The number of piperazine rings is 1. The molecular weight excluding hydrogens is 622 g/mol. The van der Waals surface area contributed by atoms with Gasteiger partial charge in [-0.3, -0.25) is 24.2 Å². The largest absolute Gasteiger partial charge is 0.504 e. The first-order valence-corrected chi connectivity index (χ1v) is 15.6. The maximum Gasteiger partial charge on any atom is 0.412 e. The molecule has 48 heavy (non-hydrogen) atoms. The summed E-state index contributed by atoms with van der Waals surface area (Å²) in [5.74, 6) is -1.27. The second-order valence-corrected chi connectivity index (χ2v) is 12.6. The van der Waals surface area contributed by atoms with Crippen LogP contribution in [0.4, 0.5) is 4.79 Å². The normalized spacial score (nSPS) is 25.7. The molecule has 1 aromatic carbocycles. The van der Waals surface area contributed by atoms with Crippen LogP contribution in [0.1, 0.15) is 49.9 Å². The van der Waals surface area contributed by atoms with Gasteiger partial charge in [0, 0.05) is 48.0 Å². The van der Waals surface area contributed by atoms with Gasteiger partial charge in [0.05, 0.1) is 31.0 Å². The van der Waals surface area contributed by atoms with Crippen LogP contribution in [0.3, 0.4) is 0 Å². The number of carbonyl (C=O) groups is 4. The molecule has 2 amide bonds. The number of aliphatic hydroxyl groups is 1. The zero-order chi connectivity index (χ0) is 35.2. The highest BCUT2D eigenvalue weighted by Gasteiger charge is 2.58. The van der Waals surface area contributed by atoms with Gasteiger partial charge in [0.1, 0.15) is 12.1 Å². The molecule has 0 aromatic heterocycles. The van der Waals surface area contributed by atoms with E-state index in [1.807, 2.05) is 24.9 Å². The Morgan fingerprint density at radius 2 is 1.88 bits per heavy atom. The van der Waals surface area contributed by atoms with Gasteiger partial charge in [-0.25, -0.2) is 4.79 Å². The number of likely N-dealkylation sites (N-methyl/N-ethyl adjacent to an activating group) is 1. The van der Waals surface area contributed by atoms with Crippen LogP contribution in [0.25, 0.3) is 0 Å². The van der Waals surface area contributed by atoms with E-state index in [1.165, 1.54) is 27.9 Å².